The average molecular weight is 338 g/mol. The van der Waals surface area contributed by atoms with Crippen LogP contribution in [0.2, 0.25) is 0 Å². The van der Waals surface area contributed by atoms with Gasteiger partial charge in [0, 0.05) is 19.6 Å². The molecule has 0 aliphatic carbocycles. The normalized spacial score (nSPS) is 19.4. The number of benzene rings is 1. The topological polar surface area (TPSA) is 66.5 Å². The highest BCUT2D eigenvalue weighted by Crippen LogP contribution is 2.19. The maximum absolute atomic E-state index is 12.2. The third-order valence-electron chi connectivity index (χ3n) is 4.30. The number of aryl methyl sites for hydroxylation is 1. The van der Waals surface area contributed by atoms with E-state index < -0.39 is 10.0 Å². The predicted molar refractivity (Wildman–Crippen MR) is 91.5 cm³/mol. The Bertz CT molecular complexity index is 602. The molecule has 0 aromatic heterocycles. The second kappa shape index (κ2) is 8.45. The van der Waals surface area contributed by atoms with E-state index in [9.17, 15) is 13.2 Å². The highest BCUT2D eigenvalue weighted by atomic mass is 32.2. The molecule has 1 saturated heterocycles. The summed E-state index contributed by atoms with van der Waals surface area (Å²) in [5.41, 5.74) is 1.26. The third-order valence-corrected chi connectivity index (χ3v) is 6.15. The summed E-state index contributed by atoms with van der Waals surface area (Å²) in [6.07, 6.45) is 3.34. The summed E-state index contributed by atoms with van der Waals surface area (Å²) in [7, 11) is -3.20. The second-order valence-corrected chi connectivity index (χ2v) is 8.24. The van der Waals surface area contributed by atoms with Crippen molar-refractivity contribution in [3.8, 4) is 0 Å². The SMILES string of the molecule is CCS(=O)(=O)N1CCC[C@@H](C(=O)NCCCc2ccccc2)C1. The minimum absolute atomic E-state index is 0.0194. The van der Waals surface area contributed by atoms with Crippen LogP contribution in [0.3, 0.4) is 0 Å². The van der Waals surface area contributed by atoms with E-state index in [2.05, 4.69) is 17.4 Å². The molecule has 1 amide bonds. The molecule has 1 fully saturated rings. The molecule has 2 rings (SSSR count). The number of rotatable bonds is 7. The Labute approximate surface area is 139 Å². The maximum atomic E-state index is 12.2. The second-order valence-electron chi connectivity index (χ2n) is 5.98. The molecule has 1 N–H and O–H groups in total. The number of hydrogen-bond acceptors (Lipinski definition) is 3. The zero-order valence-electron chi connectivity index (χ0n) is 13.7. The first-order valence-electron chi connectivity index (χ1n) is 8.32. The summed E-state index contributed by atoms with van der Waals surface area (Å²) in [5, 5.41) is 2.95. The minimum atomic E-state index is -3.20. The lowest BCUT2D eigenvalue weighted by Gasteiger charge is -2.30. The number of piperidine rings is 1. The average Bonchev–Trinajstić information content (AvgIpc) is 2.59. The van der Waals surface area contributed by atoms with Gasteiger partial charge >= 0.3 is 0 Å². The molecule has 23 heavy (non-hydrogen) atoms. The Morgan fingerprint density at radius 3 is 2.74 bits per heavy atom. The smallest absolute Gasteiger partial charge is 0.224 e. The van der Waals surface area contributed by atoms with Crippen LogP contribution in [0.15, 0.2) is 30.3 Å². The van der Waals surface area contributed by atoms with E-state index in [4.69, 9.17) is 0 Å². The van der Waals surface area contributed by atoms with Crippen LogP contribution < -0.4 is 5.32 Å². The Morgan fingerprint density at radius 2 is 2.04 bits per heavy atom. The fraction of sp³-hybridized carbons (Fsp3) is 0.588. The van der Waals surface area contributed by atoms with Gasteiger partial charge in [0.2, 0.25) is 15.9 Å². The fourth-order valence-electron chi connectivity index (χ4n) is 2.88. The molecule has 1 aromatic carbocycles. The van der Waals surface area contributed by atoms with Gasteiger partial charge in [0.15, 0.2) is 0 Å². The van der Waals surface area contributed by atoms with Crippen molar-refractivity contribution in [2.24, 2.45) is 5.92 Å². The summed E-state index contributed by atoms with van der Waals surface area (Å²) < 4.78 is 25.3. The first kappa shape index (κ1) is 17.9. The van der Waals surface area contributed by atoms with Gasteiger partial charge in [0.1, 0.15) is 0 Å². The van der Waals surface area contributed by atoms with Crippen molar-refractivity contribution in [3.63, 3.8) is 0 Å². The predicted octanol–water partition coefficient (Wildman–Crippen LogP) is 1.80. The maximum Gasteiger partial charge on any atom is 0.224 e. The molecule has 0 saturated carbocycles. The van der Waals surface area contributed by atoms with Crippen molar-refractivity contribution in [1.82, 2.24) is 9.62 Å². The molecular weight excluding hydrogens is 312 g/mol. The van der Waals surface area contributed by atoms with Crippen LogP contribution in [-0.2, 0) is 21.2 Å². The van der Waals surface area contributed by atoms with Crippen molar-refractivity contribution in [2.75, 3.05) is 25.4 Å². The van der Waals surface area contributed by atoms with Crippen LogP contribution in [0.1, 0.15) is 31.7 Å². The van der Waals surface area contributed by atoms with Gasteiger partial charge in [0.05, 0.1) is 11.7 Å². The molecule has 1 aliphatic heterocycles. The van der Waals surface area contributed by atoms with E-state index in [0.717, 1.165) is 25.7 Å². The highest BCUT2D eigenvalue weighted by Gasteiger charge is 2.31. The van der Waals surface area contributed by atoms with Crippen molar-refractivity contribution in [2.45, 2.75) is 32.6 Å². The summed E-state index contributed by atoms with van der Waals surface area (Å²) >= 11 is 0. The molecule has 1 aromatic rings. The molecule has 0 unspecified atom stereocenters. The molecule has 1 heterocycles. The Hall–Kier alpha value is -1.40. The fourth-order valence-corrected chi connectivity index (χ4v) is 4.06. The molecule has 1 atom stereocenters. The van der Waals surface area contributed by atoms with Crippen LogP contribution in [0, 0.1) is 5.92 Å². The minimum Gasteiger partial charge on any atom is -0.356 e. The monoisotopic (exact) mass is 338 g/mol. The van der Waals surface area contributed by atoms with E-state index >= 15 is 0 Å². The molecule has 0 spiro atoms. The quantitative estimate of drug-likeness (QED) is 0.771. The molecule has 0 bridgehead atoms. The summed E-state index contributed by atoms with van der Waals surface area (Å²) in [4.78, 5) is 12.2. The van der Waals surface area contributed by atoms with Gasteiger partial charge < -0.3 is 5.32 Å². The lowest BCUT2D eigenvalue weighted by Crippen LogP contribution is -2.46. The summed E-state index contributed by atoms with van der Waals surface area (Å²) in [5.74, 6) is -0.144. The molecule has 0 radical (unpaired) electrons. The standard InChI is InChI=1S/C17H26N2O3S/c1-2-23(21,22)19-13-7-11-16(14-19)17(20)18-12-6-10-15-8-4-3-5-9-15/h3-5,8-9,16H,2,6-7,10-14H2,1H3,(H,18,20)/t16-/m1/s1. The van der Waals surface area contributed by atoms with E-state index in [1.165, 1.54) is 9.87 Å². The number of amides is 1. The molecular formula is C17H26N2O3S. The molecule has 5 nitrogen and oxygen atoms in total. The number of carbonyl (C=O) groups is 1. The largest absolute Gasteiger partial charge is 0.356 e. The Balaban J connectivity index is 1.75. The van der Waals surface area contributed by atoms with E-state index in [1.54, 1.807) is 6.92 Å². The van der Waals surface area contributed by atoms with Gasteiger partial charge in [-0.25, -0.2) is 12.7 Å². The lowest BCUT2D eigenvalue weighted by atomic mass is 9.99. The Morgan fingerprint density at radius 1 is 1.30 bits per heavy atom. The Kier molecular flexibility index (Phi) is 6.59. The zero-order chi connectivity index (χ0) is 16.7. The van der Waals surface area contributed by atoms with Crippen LogP contribution in [0.25, 0.3) is 0 Å². The van der Waals surface area contributed by atoms with E-state index in [-0.39, 0.29) is 17.6 Å². The number of carbonyl (C=O) groups excluding carboxylic acids is 1. The van der Waals surface area contributed by atoms with E-state index in [1.807, 2.05) is 18.2 Å². The van der Waals surface area contributed by atoms with Crippen LogP contribution in [0.5, 0.6) is 0 Å². The van der Waals surface area contributed by atoms with Gasteiger partial charge in [0.25, 0.3) is 0 Å². The van der Waals surface area contributed by atoms with Crippen molar-refractivity contribution in [3.05, 3.63) is 35.9 Å². The van der Waals surface area contributed by atoms with Gasteiger partial charge in [-0.1, -0.05) is 30.3 Å². The van der Waals surface area contributed by atoms with Gasteiger partial charge in [-0.15, -0.1) is 0 Å². The van der Waals surface area contributed by atoms with Crippen LogP contribution in [0.4, 0.5) is 0 Å². The number of nitrogens with one attached hydrogen (secondary N) is 1. The number of nitrogens with zero attached hydrogens (tertiary/aromatic N) is 1. The van der Waals surface area contributed by atoms with Gasteiger partial charge in [-0.3, -0.25) is 4.79 Å². The number of sulfonamides is 1. The van der Waals surface area contributed by atoms with Crippen LogP contribution >= 0.6 is 0 Å². The van der Waals surface area contributed by atoms with Crippen molar-refractivity contribution >= 4 is 15.9 Å². The van der Waals surface area contributed by atoms with Crippen molar-refractivity contribution in [1.29, 1.82) is 0 Å². The molecule has 1 aliphatic rings. The highest BCUT2D eigenvalue weighted by molar-refractivity contribution is 7.89. The first-order valence-corrected chi connectivity index (χ1v) is 9.93. The van der Waals surface area contributed by atoms with Gasteiger partial charge in [-0.05, 0) is 38.2 Å². The van der Waals surface area contributed by atoms with Crippen molar-refractivity contribution < 1.29 is 13.2 Å². The molecule has 128 valence electrons. The molecule has 6 heteroatoms. The lowest BCUT2D eigenvalue weighted by molar-refractivity contribution is -0.126. The zero-order valence-corrected chi connectivity index (χ0v) is 14.5. The number of hydrogen-bond donors (Lipinski definition) is 1. The summed E-state index contributed by atoms with van der Waals surface area (Å²) in [6.45, 7) is 3.13. The van der Waals surface area contributed by atoms with Crippen LogP contribution in [-0.4, -0.2) is 44.0 Å². The third kappa shape index (κ3) is 5.32. The van der Waals surface area contributed by atoms with Gasteiger partial charge in [-0.2, -0.15) is 0 Å². The summed E-state index contributed by atoms with van der Waals surface area (Å²) in [6, 6.07) is 10.2. The van der Waals surface area contributed by atoms with E-state index in [0.29, 0.717) is 19.6 Å². The first-order chi connectivity index (χ1) is 11.0.